The average molecular weight is 611 g/mol. The summed E-state index contributed by atoms with van der Waals surface area (Å²) in [6, 6.07) is 9.93. The molecule has 0 radical (unpaired) electrons. The number of cyclic esters (lactones) is 2. The predicted octanol–water partition coefficient (Wildman–Crippen LogP) is 7.33. The SMILES string of the molecule is C=C[C@@H](Oc1ccc(OC)cc1)C(O)[C@@H](C)[C@@H](O[Si](CC)(CC)CC)[C@H](O[Si](C)(C)C(C)(C)C)[C@]1(C)COC(=O)O1. The molecule has 1 aromatic carbocycles. The molecular weight excluding hydrogens is 557 g/mol. The maximum absolute atomic E-state index is 12.3. The highest BCUT2D eigenvalue weighted by Gasteiger charge is 2.56. The Morgan fingerprint density at radius 3 is 2.02 bits per heavy atom. The minimum atomic E-state index is -2.42. The Morgan fingerprint density at radius 1 is 1.07 bits per heavy atom. The topological polar surface area (TPSA) is 92.7 Å². The smallest absolute Gasteiger partial charge is 0.497 e. The number of methoxy groups -OCH3 is 1. The van der Waals surface area contributed by atoms with Crippen molar-refractivity contribution in [2.75, 3.05) is 13.7 Å². The van der Waals surface area contributed by atoms with Crippen molar-refractivity contribution in [3.8, 4) is 11.5 Å². The molecule has 1 N–H and O–H groups in total. The second-order valence-electron chi connectivity index (χ2n) is 12.9. The van der Waals surface area contributed by atoms with Crippen LogP contribution in [0, 0.1) is 5.92 Å². The monoisotopic (exact) mass is 610 g/mol. The Bertz CT molecular complexity index is 981. The molecule has 1 fully saturated rings. The second-order valence-corrected chi connectivity index (χ2v) is 22.4. The summed E-state index contributed by atoms with van der Waals surface area (Å²) in [7, 11) is -3.05. The van der Waals surface area contributed by atoms with E-state index in [9.17, 15) is 9.90 Å². The van der Waals surface area contributed by atoms with Crippen molar-refractivity contribution >= 4 is 22.8 Å². The zero-order chi connectivity index (χ0) is 31.2. The lowest BCUT2D eigenvalue weighted by Gasteiger charge is -2.49. The van der Waals surface area contributed by atoms with Crippen molar-refractivity contribution < 1.29 is 37.7 Å². The summed E-state index contributed by atoms with van der Waals surface area (Å²) in [5, 5.41) is 11.7. The van der Waals surface area contributed by atoms with Crippen LogP contribution in [-0.2, 0) is 18.3 Å². The molecule has 41 heavy (non-hydrogen) atoms. The van der Waals surface area contributed by atoms with Gasteiger partial charge in [0.25, 0.3) is 0 Å². The fourth-order valence-electron chi connectivity index (χ4n) is 4.92. The molecule has 1 aromatic rings. The summed E-state index contributed by atoms with van der Waals surface area (Å²) in [6.45, 7) is 25.1. The zero-order valence-electron chi connectivity index (χ0n) is 27.1. The highest BCUT2D eigenvalue weighted by Crippen LogP contribution is 2.43. The maximum Gasteiger partial charge on any atom is 0.509 e. The molecule has 8 nitrogen and oxygen atoms in total. The lowest BCUT2D eigenvalue weighted by Crippen LogP contribution is -2.62. The highest BCUT2D eigenvalue weighted by atomic mass is 28.4. The van der Waals surface area contributed by atoms with Crippen LogP contribution in [0.2, 0.25) is 36.3 Å². The van der Waals surface area contributed by atoms with E-state index >= 15 is 0 Å². The van der Waals surface area contributed by atoms with E-state index in [1.54, 1.807) is 37.5 Å². The molecule has 2 rings (SSSR count). The van der Waals surface area contributed by atoms with E-state index in [0.29, 0.717) is 11.5 Å². The van der Waals surface area contributed by atoms with E-state index in [1.165, 1.54) is 0 Å². The molecular formula is C31H54O8Si2. The van der Waals surface area contributed by atoms with E-state index in [0.717, 1.165) is 18.1 Å². The predicted molar refractivity (Wildman–Crippen MR) is 168 cm³/mol. The number of aliphatic hydroxyl groups excluding tert-OH is 1. The van der Waals surface area contributed by atoms with E-state index in [2.05, 4.69) is 61.2 Å². The normalized spacial score (nSPS) is 21.7. The second kappa shape index (κ2) is 14.1. The lowest BCUT2D eigenvalue weighted by atomic mass is 9.84. The lowest BCUT2D eigenvalue weighted by molar-refractivity contribution is -0.122. The van der Waals surface area contributed by atoms with Crippen molar-refractivity contribution in [1.29, 1.82) is 0 Å². The molecule has 0 aromatic heterocycles. The van der Waals surface area contributed by atoms with E-state index < -0.39 is 58.7 Å². The van der Waals surface area contributed by atoms with E-state index in [1.807, 2.05) is 13.8 Å². The molecule has 234 valence electrons. The van der Waals surface area contributed by atoms with Crippen LogP contribution >= 0.6 is 0 Å². The molecule has 0 amide bonds. The average Bonchev–Trinajstić information content (AvgIpc) is 3.29. The van der Waals surface area contributed by atoms with Gasteiger partial charge < -0.3 is 32.9 Å². The molecule has 0 saturated carbocycles. The van der Waals surface area contributed by atoms with Crippen LogP contribution in [0.1, 0.15) is 55.4 Å². The van der Waals surface area contributed by atoms with Gasteiger partial charge >= 0.3 is 6.16 Å². The Kier molecular flexibility index (Phi) is 12.1. The Hall–Kier alpha value is -1.86. The van der Waals surface area contributed by atoms with Crippen LogP contribution < -0.4 is 9.47 Å². The molecule has 0 spiro atoms. The first-order valence-corrected chi connectivity index (χ1v) is 20.3. The molecule has 1 aliphatic rings. The van der Waals surface area contributed by atoms with Gasteiger partial charge in [-0.2, -0.15) is 0 Å². The summed E-state index contributed by atoms with van der Waals surface area (Å²) in [6.07, 6.45) is -2.12. The molecule has 10 heteroatoms. The molecule has 1 unspecified atom stereocenters. The first kappa shape index (κ1) is 35.3. The molecule has 1 heterocycles. The van der Waals surface area contributed by atoms with Crippen LogP contribution in [0.5, 0.6) is 11.5 Å². The summed E-state index contributed by atoms with van der Waals surface area (Å²) in [5.41, 5.74) is -1.10. The first-order valence-electron chi connectivity index (χ1n) is 14.8. The quantitative estimate of drug-likeness (QED) is 0.118. The van der Waals surface area contributed by atoms with Gasteiger partial charge in [-0.25, -0.2) is 4.79 Å². The van der Waals surface area contributed by atoms with Gasteiger partial charge in [-0.15, -0.1) is 0 Å². The Morgan fingerprint density at radius 2 is 1.61 bits per heavy atom. The van der Waals surface area contributed by atoms with Gasteiger partial charge in [-0.3, -0.25) is 0 Å². The van der Waals surface area contributed by atoms with Crippen LogP contribution in [0.3, 0.4) is 0 Å². The van der Waals surface area contributed by atoms with E-state index in [-0.39, 0.29) is 11.6 Å². The largest absolute Gasteiger partial charge is 0.509 e. The van der Waals surface area contributed by atoms with Crippen molar-refractivity contribution in [2.45, 2.75) is 122 Å². The first-order chi connectivity index (χ1) is 19.0. The van der Waals surface area contributed by atoms with Crippen molar-refractivity contribution in [2.24, 2.45) is 5.92 Å². The number of carbonyl (C=O) groups excluding carboxylic acids is 1. The number of hydrogen-bond donors (Lipinski definition) is 1. The minimum Gasteiger partial charge on any atom is -0.497 e. The van der Waals surface area contributed by atoms with Crippen LogP contribution in [-0.4, -0.2) is 71.6 Å². The number of rotatable bonds is 16. The number of benzene rings is 1. The van der Waals surface area contributed by atoms with Crippen LogP contribution in [0.25, 0.3) is 0 Å². The maximum atomic E-state index is 12.3. The van der Waals surface area contributed by atoms with Gasteiger partial charge in [0.05, 0.1) is 19.3 Å². The third-order valence-corrected chi connectivity index (χ3v) is 18.3. The molecule has 6 atom stereocenters. The van der Waals surface area contributed by atoms with Gasteiger partial charge in [-0.1, -0.05) is 55.0 Å². The van der Waals surface area contributed by atoms with Gasteiger partial charge in [0, 0.05) is 5.92 Å². The van der Waals surface area contributed by atoms with E-state index in [4.69, 9.17) is 27.8 Å². The standard InChI is InChI=1S/C31H54O8Si2/c1-13-25(36-24-19-17-23(34-10)18-20-24)26(32)22(5)27(38-41(14-2,15-3)16-4)28(31(9)21-35-29(33)37-31)39-40(11,12)30(6,7)8/h13,17-20,22,25-28,32H,1,14-16,21H2,2-12H3/t22-,25-,26?,27-,28+,31+/m1/s1. The molecule has 1 aliphatic heterocycles. The Balaban J connectivity index is 2.59. The van der Waals surface area contributed by atoms with Gasteiger partial charge in [0.15, 0.2) is 22.2 Å². The van der Waals surface area contributed by atoms with Gasteiger partial charge in [0.1, 0.15) is 30.3 Å². The summed E-state index contributed by atoms with van der Waals surface area (Å²) in [5.74, 6) is 0.818. The van der Waals surface area contributed by atoms with Crippen molar-refractivity contribution in [3.63, 3.8) is 0 Å². The molecule has 1 saturated heterocycles. The van der Waals surface area contributed by atoms with Crippen LogP contribution in [0.15, 0.2) is 36.9 Å². The fourth-order valence-corrected chi connectivity index (χ4v) is 9.21. The number of aliphatic hydroxyl groups is 1. The van der Waals surface area contributed by atoms with Crippen molar-refractivity contribution in [3.05, 3.63) is 36.9 Å². The van der Waals surface area contributed by atoms with Crippen molar-refractivity contribution in [1.82, 2.24) is 0 Å². The summed E-state index contributed by atoms with van der Waals surface area (Å²) >= 11 is 0. The summed E-state index contributed by atoms with van der Waals surface area (Å²) < 4.78 is 36.9. The highest BCUT2D eigenvalue weighted by molar-refractivity contribution is 6.74. The number of carbonyl (C=O) groups is 1. The summed E-state index contributed by atoms with van der Waals surface area (Å²) in [4.78, 5) is 12.3. The van der Waals surface area contributed by atoms with Gasteiger partial charge in [-0.05, 0) is 73.5 Å². The number of ether oxygens (including phenoxy) is 4. The third kappa shape index (κ3) is 8.37. The van der Waals surface area contributed by atoms with Crippen LogP contribution in [0.4, 0.5) is 4.79 Å². The minimum absolute atomic E-state index is 0.0416. The zero-order valence-corrected chi connectivity index (χ0v) is 29.1. The Labute approximate surface area is 250 Å². The van der Waals surface area contributed by atoms with Gasteiger partial charge in [0.2, 0.25) is 0 Å². The molecule has 0 bridgehead atoms. The molecule has 0 aliphatic carbocycles. The number of hydrogen-bond acceptors (Lipinski definition) is 8. The third-order valence-electron chi connectivity index (χ3n) is 9.20. The fraction of sp³-hybridized carbons (Fsp3) is 0.710.